The Balaban J connectivity index is 0.000000845. The van der Waals surface area contributed by atoms with Crippen LogP contribution in [0.2, 0.25) is 0 Å². The minimum absolute atomic E-state index is 0.0190. The molecule has 10 N–H and O–H groups in total. The van der Waals surface area contributed by atoms with Gasteiger partial charge >= 0.3 is 12.1 Å². The maximum Gasteiger partial charge on any atom is 0.490 e. The van der Waals surface area contributed by atoms with Gasteiger partial charge < -0.3 is 52.0 Å². The Morgan fingerprint density at radius 2 is 1.19 bits per heavy atom. The van der Waals surface area contributed by atoms with Crippen LogP contribution in [0.4, 0.5) is 24.8 Å². The van der Waals surface area contributed by atoms with Crippen molar-refractivity contribution in [3.8, 4) is 0 Å². The van der Waals surface area contributed by atoms with Gasteiger partial charge in [0, 0.05) is 45.1 Å². The number of hydrogen-bond donors (Lipinski definition) is 8. The van der Waals surface area contributed by atoms with E-state index in [1.165, 1.54) is 27.5 Å². The van der Waals surface area contributed by atoms with Crippen molar-refractivity contribution in [1.82, 2.24) is 34.7 Å². The number of halogens is 3. The molecule has 0 aliphatic rings. The van der Waals surface area contributed by atoms with Gasteiger partial charge in [0.05, 0.1) is 0 Å². The van der Waals surface area contributed by atoms with E-state index in [4.69, 9.17) is 21.4 Å². The van der Waals surface area contributed by atoms with Crippen LogP contribution in [0.15, 0.2) is 84.1 Å². The molecule has 0 saturated heterocycles. The van der Waals surface area contributed by atoms with Gasteiger partial charge in [0.2, 0.25) is 11.6 Å². The van der Waals surface area contributed by atoms with Gasteiger partial charge in [-0.3, -0.25) is 24.0 Å². The number of aliphatic carboxylic acids is 1. The highest BCUT2D eigenvalue weighted by atomic mass is 19.4. The van der Waals surface area contributed by atoms with Gasteiger partial charge in [-0.2, -0.15) is 18.2 Å². The molecular weight excluding hydrogens is 818 g/mol. The summed E-state index contributed by atoms with van der Waals surface area (Å²) in [6, 6.07) is 20.8. The summed E-state index contributed by atoms with van der Waals surface area (Å²) in [5, 5.41) is 24.3. The predicted octanol–water partition coefficient (Wildman–Crippen LogP) is 3.87. The quantitative estimate of drug-likeness (QED) is 0.0378. The molecule has 22 heteroatoms. The minimum Gasteiger partial charge on any atom is -0.475 e. The second-order valence-corrected chi connectivity index (χ2v) is 13.6. The molecule has 7 rings (SSSR count). The molecule has 0 radical (unpaired) electrons. The Labute approximate surface area is 347 Å². The SMILES string of the molecule is Cn1cc(NC(=O)c2nc(NC(=O)c3ccc4ccc5cccc6ccc3c4c56)cn2C)nc1C(=O)NCCCCNC(=O)c1ccc(C(=O)N=C(N)N)[nH]1.O=C(O)C(F)(F)F. The van der Waals surface area contributed by atoms with Crippen molar-refractivity contribution < 1.29 is 47.0 Å². The van der Waals surface area contributed by atoms with Gasteiger partial charge in [-0.05, 0) is 63.4 Å². The zero-order valence-corrected chi connectivity index (χ0v) is 32.8. The fourth-order valence-corrected chi connectivity index (χ4v) is 6.42. The third-order valence-corrected chi connectivity index (χ3v) is 9.22. The Morgan fingerprint density at radius 3 is 1.77 bits per heavy atom. The molecule has 62 heavy (non-hydrogen) atoms. The number of amides is 5. The summed E-state index contributed by atoms with van der Waals surface area (Å²) < 4.78 is 34.7. The van der Waals surface area contributed by atoms with Crippen LogP contribution in [0.25, 0.3) is 32.3 Å². The molecule has 0 fully saturated rings. The average Bonchev–Trinajstić information content (AvgIpc) is 3.96. The van der Waals surface area contributed by atoms with Crippen molar-refractivity contribution >= 4 is 85.4 Å². The number of aromatic nitrogens is 5. The fourth-order valence-electron chi connectivity index (χ4n) is 6.42. The molecule has 3 aromatic heterocycles. The molecule has 0 atom stereocenters. The number of benzene rings is 4. The highest BCUT2D eigenvalue weighted by Crippen LogP contribution is 2.36. The first kappa shape index (κ1) is 43.3. The molecule has 0 aliphatic heterocycles. The topological polar surface area (TPSA) is 287 Å². The Kier molecular flexibility index (Phi) is 12.5. The van der Waals surface area contributed by atoms with Crippen LogP contribution in [0.3, 0.4) is 0 Å². The zero-order chi connectivity index (χ0) is 44.9. The second-order valence-electron chi connectivity index (χ2n) is 13.6. The van der Waals surface area contributed by atoms with Crippen LogP contribution in [0.5, 0.6) is 0 Å². The van der Waals surface area contributed by atoms with E-state index in [9.17, 15) is 37.1 Å². The van der Waals surface area contributed by atoms with Crippen molar-refractivity contribution in [1.29, 1.82) is 0 Å². The number of hydrogen-bond acceptors (Lipinski definition) is 8. The molecule has 0 bridgehead atoms. The lowest BCUT2D eigenvalue weighted by Crippen LogP contribution is -2.29. The number of unbranched alkanes of at least 4 members (excludes halogenated alkanes) is 1. The third-order valence-electron chi connectivity index (χ3n) is 9.22. The van der Waals surface area contributed by atoms with E-state index >= 15 is 0 Å². The first-order valence-corrected chi connectivity index (χ1v) is 18.5. The smallest absolute Gasteiger partial charge is 0.475 e. The maximum absolute atomic E-state index is 13.5. The van der Waals surface area contributed by atoms with Crippen molar-refractivity contribution in [2.45, 2.75) is 19.0 Å². The summed E-state index contributed by atoms with van der Waals surface area (Å²) in [5.74, 6) is -5.24. The normalized spacial score (nSPS) is 11.2. The molecule has 0 aliphatic carbocycles. The summed E-state index contributed by atoms with van der Waals surface area (Å²) in [4.78, 5) is 87.5. The van der Waals surface area contributed by atoms with E-state index in [1.54, 1.807) is 26.4 Å². The summed E-state index contributed by atoms with van der Waals surface area (Å²) in [7, 11) is 3.25. The number of rotatable bonds is 12. The molecule has 0 saturated carbocycles. The zero-order valence-electron chi connectivity index (χ0n) is 32.8. The maximum atomic E-state index is 13.5. The number of aromatic amines is 1. The number of carbonyl (C=O) groups is 6. The Hall–Kier alpha value is -8.30. The van der Waals surface area contributed by atoms with Crippen LogP contribution in [0.1, 0.15) is 65.4 Å². The lowest BCUT2D eigenvalue weighted by atomic mass is 9.92. The van der Waals surface area contributed by atoms with Crippen molar-refractivity contribution in [3.63, 3.8) is 0 Å². The van der Waals surface area contributed by atoms with E-state index in [-0.39, 0.29) is 46.5 Å². The fraction of sp³-hybridized carbons (Fsp3) is 0.175. The van der Waals surface area contributed by atoms with Crippen LogP contribution in [-0.2, 0) is 18.9 Å². The van der Waals surface area contributed by atoms with Gasteiger partial charge in [0.25, 0.3) is 29.5 Å². The monoisotopic (exact) mass is 854 g/mol. The summed E-state index contributed by atoms with van der Waals surface area (Å²) >= 11 is 0. The van der Waals surface area contributed by atoms with Crippen LogP contribution in [-0.4, -0.2) is 89.9 Å². The number of nitrogens with two attached hydrogens (primary N) is 2. The van der Waals surface area contributed by atoms with Crippen molar-refractivity contribution in [2.24, 2.45) is 30.6 Å². The highest BCUT2D eigenvalue weighted by Gasteiger charge is 2.38. The predicted molar refractivity (Wildman–Crippen MR) is 221 cm³/mol. The number of nitrogens with one attached hydrogen (secondary N) is 5. The standard InChI is InChI=1S/C38H36N12O5.C2HF3O2/c1-49-19-28(44-31(49)36(54)42-17-4-3-16-41-34(52)25-14-15-26(43-25)35(53)48-38(39)40)47-37(55)32-45-27(18-50(32)2)46-33(51)24-13-11-22-9-8-20-6-5-7-21-10-12-23(24)30(22)29(20)21;3-2(4,5)1(6)7/h5-15,18-19,43H,3-4,16-17H2,1-2H3,(H,41,52)(H,42,54)(H,46,51)(H,47,55)(H4,39,40,48,53);(H,6,7). The molecule has 7 aromatic rings. The van der Waals surface area contributed by atoms with E-state index in [1.807, 2.05) is 30.3 Å². The van der Waals surface area contributed by atoms with Crippen LogP contribution >= 0.6 is 0 Å². The number of aliphatic imine (C=N–C) groups is 1. The number of alkyl halides is 3. The molecule has 3 heterocycles. The van der Waals surface area contributed by atoms with Crippen LogP contribution in [0, 0.1) is 0 Å². The van der Waals surface area contributed by atoms with Gasteiger partial charge in [-0.1, -0.05) is 48.5 Å². The number of carboxylic acid groups (broad SMARTS) is 1. The number of nitrogens with zero attached hydrogens (tertiary/aromatic N) is 5. The van der Waals surface area contributed by atoms with E-state index in [0.29, 0.717) is 31.5 Å². The lowest BCUT2D eigenvalue weighted by molar-refractivity contribution is -0.192. The minimum atomic E-state index is -5.08. The van der Waals surface area contributed by atoms with Crippen molar-refractivity contribution in [2.75, 3.05) is 23.7 Å². The summed E-state index contributed by atoms with van der Waals surface area (Å²) in [6.07, 6.45) is -0.938. The first-order valence-electron chi connectivity index (χ1n) is 18.5. The molecule has 5 amide bonds. The molecule has 19 nitrogen and oxygen atoms in total. The van der Waals surface area contributed by atoms with E-state index in [0.717, 1.165) is 32.3 Å². The van der Waals surface area contributed by atoms with Gasteiger partial charge in [-0.25, -0.2) is 14.8 Å². The van der Waals surface area contributed by atoms with E-state index in [2.05, 4.69) is 59.4 Å². The number of imidazole rings is 2. The lowest BCUT2D eigenvalue weighted by Gasteiger charge is -2.13. The van der Waals surface area contributed by atoms with Gasteiger partial charge in [0.1, 0.15) is 11.4 Å². The van der Waals surface area contributed by atoms with Crippen molar-refractivity contribution in [3.05, 3.63) is 108 Å². The molecule has 4 aromatic carbocycles. The number of anilines is 2. The molecular formula is C40H37F3N12O7. The van der Waals surface area contributed by atoms with Gasteiger partial charge in [0.15, 0.2) is 17.6 Å². The van der Waals surface area contributed by atoms with E-state index < -0.39 is 35.8 Å². The number of guanidine groups is 1. The molecule has 320 valence electrons. The largest absolute Gasteiger partial charge is 0.490 e. The molecule has 0 spiro atoms. The summed E-state index contributed by atoms with van der Waals surface area (Å²) in [6.45, 7) is 0.626. The Morgan fingerprint density at radius 1 is 0.694 bits per heavy atom. The number of carbonyl (C=O) groups excluding carboxylic acids is 5. The highest BCUT2D eigenvalue weighted by molar-refractivity contribution is 6.27. The number of carboxylic acids is 1. The molecule has 0 unspecified atom stereocenters. The number of aryl methyl sites for hydroxylation is 2. The Bertz CT molecular complexity index is 2880. The summed E-state index contributed by atoms with van der Waals surface area (Å²) in [5.41, 5.74) is 11.1. The van der Waals surface area contributed by atoms with Gasteiger partial charge in [-0.15, -0.1) is 0 Å². The first-order chi connectivity index (χ1) is 29.4. The average molecular weight is 855 g/mol. The third kappa shape index (κ3) is 9.76. The van der Waals surface area contributed by atoms with Crippen LogP contribution < -0.4 is 32.7 Å². The number of H-pyrrole nitrogens is 1. The second kappa shape index (κ2) is 17.9.